The Balaban J connectivity index is 1.80. The Bertz CT molecular complexity index is 448. The van der Waals surface area contributed by atoms with E-state index in [4.69, 9.17) is 9.47 Å². The SMILES string of the molecule is O=C(NC1(c2ccccc2)CCOCC1)[C@@H]1CCOC1. The molecule has 1 aromatic carbocycles. The molecule has 0 bridgehead atoms. The molecular formula is C16H21NO3. The highest BCUT2D eigenvalue weighted by molar-refractivity contribution is 5.80. The molecule has 0 unspecified atom stereocenters. The highest BCUT2D eigenvalue weighted by Gasteiger charge is 2.38. The van der Waals surface area contributed by atoms with E-state index in [1.165, 1.54) is 5.56 Å². The second-order valence-corrected chi connectivity index (χ2v) is 5.61. The molecule has 20 heavy (non-hydrogen) atoms. The average Bonchev–Trinajstić information content (AvgIpc) is 3.03. The Hall–Kier alpha value is -1.39. The van der Waals surface area contributed by atoms with E-state index in [1.807, 2.05) is 18.2 Å². The summed E-state index contributed by atoms with van der Waals surface area (Å²) in [6.07, 6.45) is 2.49. The smallest absolute Gasteiger partial charge is 0.226 e. The summed E-state index contributed by atoms with van der Waals surface area (Å²) in [5.41, 5.74) is 0.898. The number of amides is 1. The number of rotatable bonds is 3. The van der Waals surface area contributed by atoms with E-state index in [1.54, 1.807) is 0 Å². The van der Waals surface area contributed by atoms with Gasteiger partial charge in [-0.2, -0.15) is 0 Å². The van der Waals surface area contributed by atoms with Crippen LogP contribution in [0, 0.1) is 5.92 Å². The van der Waals surface area contributed by atoms with Crippen LogP contribution >= 0.6 is 0 Å². The summed E-state index contributed by atoms with van der Waals surface area (Å²) in [6, 6.07) is 10.2. The lowest BCUT2D eigenvalue weighted by atomic mass is 9.82. The van der Waals surface area contributed by atoms with Gasteiger partial charge in [-0.3, -0.25) is 4.79 Å². The van der Waals surface area contributed by atoms with Crippen molar-refractivity contribution in [3.05, 3.63) is 35.9 Å². The van der Waals surface area contributed by atoms with Gasteiger partial charge in [-0.05, 0) is 24.8 Å². The first kappa shape index (κ1) is 13.6. The Morgan fingerprint density at radius 2 is 1.85 bits per heavy atom. The molecule has 1 aromatic rings. The van der Waals surface area contributed by atoms with Crippen LogP contribution in [0.2, 0.25) is 0 Å². The van der Waals surface area contributed by atoms with E-state index in [9.17, 15) is 4.79 Å². The molecule has 0 saturated carbocycles. The fourth-order valence-electron chi connectivity index (χ4n) is 3.04. The average molecular weight is 275 g/mol. The van der Waals surface area contributed by atoms with Crippen LogP contribution in [-0.2, 0) is 19.8 Å². The molecule has 2 heterocycles. The predicted octanol–water partition coefficient (Wildman–Crippen LogP) is 1.84. The van der Waals surface area contributed by atoms with Gasteiger partial charge in [0.15, 0.2) is 0 Å². The van der Waals surface area contributed by atoms with Crippen molar-refractivity contribution in [2.75, 3.05) is 26.4 Å². The molecule has 3 rings (SSSR count). The minimum Gasteiger partial charge on any atom is -0.381 e. The summed E-state index contributed by atoms with van der Waals surface area (Å²) < 4.78 is 10.8. The van der Waals surface area contributed by atoms with Crippen molar-refractivity contribution in [1.29, 1.82) is 0 Å². The Morgan fingerprint density at radius 3 is 2.50 bits per heavy atom. The van der Waals surface area contributed by atoms with Crippen LogP contribution in [0.3, 0.4) is 0 Å². The van der Waals surface area contributed by atoms with Crippen molar-refractivity contribution in [2.24, 2.45) is 5.92 Å². The normalized spacial score (nSPS) is 25.3. The molecule has 2 aliphatic heterocycles. The second kappa shape index (κ2) is 5.94. The maximum Gasteiger partial charge on any atom is 0.226 e. The van der Waals surface area contributed by atoms with Crippen molar-refractivity contribution >= 4 is 5.91 Å². The molecule has 0 aliphatic carbocycles. The van der Waals surface area contributed by atoms with Crippen LogP contribution in [0.5, 0.6) is 0 Å². The van der Waals surface area contributed by atoms with Crippen molar-refractivity contribution in [2.45, 2.75) is 24.8 Å². The van der Waals surface area contributed by atoms with Crippen molar-refractivity contribution in [3.63, 3.8) is 0 Å². The summed E-state index contributed by atoms with van der Waals surface area (Å²) in [5.74, 6) is 0.117. The number of ether oxygens (including phenoxy) is 2. The fraction of sp³-hybridized carbons (Fsp3) is 0.562. The molecular weight excluding hydrogens is 254 g/mol. The highest BCUT2D eigenvalue weighted by Crippen LogP contribution is 2.32. The zero-order valence-electron chi connectivity index (χ0n) is 11.6. The van der Waals surface area contributed by atoms with Gasteiger partial charge < -0.3 is 14.8 Å². The third-order valence-corrected chi connectivity index (χ3v) is 4.34. The minimum atomic E-state index is -0.279. The predicted molar refractivity (Wildman–Crippen MR) is 75.2 cm³/mol. The molecule has 1 N–H and O–H groups in total. The topological polar surface area (TPSA) is 47.6 Å². The summed E-state index contributed by atoms with van der Waals surface area (Å²) in [6.45, 7) is 2.62. The molecule has 0 spiro atoms. The van der Waals surface area contributed by atoms with Gasteiger partial charge in [0, 0.05) is 19.8 Å². The Labute approximate surface area is 119 Å². The van der Waals surface area contributed by atoms with Crippen molar-refractivity contribution in [3.8, 4) is 0 Å². The maximum atomic E-state index is 12.5. The van der Waals surface area contributed by atoms with Crippen molar-refractivity contribution < 1.29 is 14.3 Å². The summed E-state index contributed by atoms with van der Waals surface area (Å²) in [4.78, 5) is 12.5. The molecule has 2 saturated heterocycles. The van der Waals surface area contributed by atoms with E-state index in [2.05, 4.69) is 17.4 Å². The number of hydrogen-bond acceptors (Lipinski definition) is 3. The first-order valence-electron chi connectivity index (χ1n) is 7.33. The van der Waals surface area contributed by atoms with E-state index in [0.717, 1.165) is 19.3 Å². The highest BCUT2D eigenvalue weighted by atomic mass is 16.5. The fourth-order valence-corrected chi connectivity index (χ4v) is 3.04. The summed E-state index contributed by atoms with van der Waals surface area (Å²) in [7, 11) is 0. The summed E-state index contributed by atoms with van der Waals surface area (Å²) >= 11 is 0. The van der Waals surface area contributed by atoms with Gasteiger partial charge in [0.25, 0.3) is 0 Å². The molecule has 1 amide bonds. The van der Waals surface area contributed by atoms with Crippen LogP contribution < -0.4 is 5.32 Å². The van der Waals surface area contributed by atoms with Gasteiger partial charge in [-0.1, -0.05) is 30.3 Å². The Morgan fingerprint density at radius 1 is 1.10 bits per heavy atom. The second-order valence-electron chi connectivity index (χ2n) is 5.61. The van der Waals surface area contributed by atoms with Gasteiger partial charge in [-0.25, -0.2) is 0 Å². The molecule has 2 aliphatic rings. The number of benzene rings is 1. The van der Waals surface area contributed by atoms with E-state index >= 15 is 0 Å². The van der Waals surface area contributed by atoms with Crippen LogP contribution in [0.1, 0.15) is 24.8 Å². The third-order valence-electron chi connectivity index (χ3n) is 4.34. The quantitative estimate of drug-likeness (QED) is 0.915. The van der Waals surface area contributed by atoms with E-state index < -0.39 is 0 Å². The third kappa shape index (κ3) is 2.72. The number of carbonyl (C=O) groups excluding carboxylic acids is 1. The van der Waals surface area contributed by atoms with Crippen LogP contribution in [-0.4, -0.2) is 32.3 Å². The van der Waals surface area contributed by atoms with Gasteiger partial charge in [0.1, 0.15) is 0 Å². The molecule has 108 valence electrons. The molecule has 1 atom stereocenters. The molecule has 0 aromatic heterocycles. The molecule has 0 radical (unpaired) electrons. The van der Waals surface area contributed by atoms with Gasteiger partial charge in [-0.15, -0.1) is 0 Å². The zero-order valence-corrected chi connectivity index (χ0v) is 11.6. The monoisotopic (exact) mass is 275 g/mol. The molecule has 4 heteroatoms. The largest absolute Gasteiger partial charge is 0.381 e. The lowest BCUT2D eigenvalue weighted by Crippen LogP contribution is -2.51. The summed E-state index contributed by atoms with van der Waals surface area (Å²) in [5, 5.41) is 3.29. The first-order valence-corrected chi connectivity index (χ1v) is 7.33. The van der Waals surface area contributed by atoms with Crippen LogP contribution in [0.15, 0.2) is 30.3 Å². The van der Waals surface area contributed by atoms with E-state index in [-0.39, 0.29) is 17.4 Å². The lowest BCUT2D eigenvalue weighted by molar-refractivity contribution is -0.128. The number of carbonyl (C=O) groups is 1. The number of hydrogen-bond donors (Lipinski definition) is 1. The van der Waals surface area contributed by atoms with Gasteiger partial charge in [0.2, 0.25) is 5.91 Å². The van der Waals surface area contributed by atoms with Crippen LogP contribution in [0.4, 0.5) is 0 Å². The lowest BCUT2D eigenvalue weighted by Gasteiger charge is -2.39. The number of nitrogens with one attached hydrogen (secondary N) is 1. The maximum absolute atomic E-state index is 12.5. The van der Waals surface area contributed by atoms with Gasteiger partial charge in [0.05, 0.1) is 18.1 Å². The first-order chi connectivity index (χ1) is 9.80. The molecule has 2 fully saturated rings. The minimum absolute atomic E-state index is 0.00145. The zero-order chi connectivity index (χ0) is 13.8. The van der Waals surface area contributed by atoms with Gasteiger partial charge >= 0.3 is 0 Å². The standard InChI is InChI=1S/C16H21NO3/c18-15(13-6-9-20-12-13)17-16(7-10-19-11-8-16)14-4-2-1-3-5-14/h1-5,13H,6-12H2,(H,17,18)/t13-/m1/s1. The van der Waals surface area contributed by atoms with Crippen LogP contribution in [0.25, 0.3) is 0 Å². The molecule has 4 nitrogen and oxygen atoms in total. The Kier molecular flexibility index (Phi) is 4.03. The van der Waals surface area contributed by atoms with Crippen molar-refractivity contribution in [1.82, 2.24) is 5.32 Å². The van der Waals surface area contributed by atoms with E-state index in [0.29, 0.717) is 26.4 Å².